The SMILES string of the molecule is CC1CCCC(CN2CC[C@@H](N)C2)C1. The van der Waals surface area contributed by atoms with Crippen molar-refractivity contribution in [2.24, 2.45) is 17.6 Å². The Labute approximate surface area is 87.8 Å². The molecule has 2 unspecified atom stereocenters. The van der Waals surface area contributed by atoms with Crippen LogP contribution in [0.15, 0.2) is 0 Å². The molecular formula is C12H24N2. The molecule has 2 nitrogen and oxygen atoms in total. The normalized spacial score (nSPS) is 40.3. The van der Waals surface area contributed by atoms with E-state index in [9.17, 15) is 0 Å². The van der Waals surface area contributed by atoms with Gasteiger partial charge in [0, 0.05) is 19.1 Å². The van der Waals surface area contributed by atoms with E-state index < -0.39 is 0 Å². The average Bonchev–Trinajstić information content (AvgIpc) is 2.51. The summed E-state index contributed by atoms with van der Waals surface area (Å²) in [4.78, 5) is 2.58. The standard InChI is InChI=1S/C12H24N2/c1-10-3-2-4-11(7-10)8-14-6-5-12(13)9-14/h10-12H,2-9,13H2,1H3/t10?,11?,12-/m1/s1. The van der Waals surface area contributed by atoms with Crippen LogP contribution in [0.2, 0.25) is 0 Å². The lowest BCUT2D eigenvalue weighted by molar-refractivity contribution is 0.202. The lowest BCUT2D eigenvalue weighted by Gasteiger charge is -2.30. The highest BCUT2D eigenvalue weighted by Crippen LogP contribution is 2.29. The molecule has 0 aromatic heterocycles. The largest absolute Gasteiger partial charge is 0.326 e. The summed E-state index contributed by atoms with van der Waals surface area (Å²) in [7, 11) is 0. The summed E-state index contributed by atoms with van der Waals surface area (Å²) in [5.41, 5.74) is 5.92. The van der Waals surface area contributed by atoms with Crippen molar-refractivity contribution in [3.63, 3.8) is 0 Å². The third-order valence-corrected chi connectivity index (χ3v) is 3.87. The Kier molecular flexibility index (Phi) is 3.45. The number of nitrogens with two attached hydrogens (primary N) is 1. The molecule has 0 aromatic carbocycles. The van der Waals surface area contributed by atoms with Gasteiger partial charge in [-0.2, -0.15) is 0 Å². The van der Waals surface area contributed by atoms with E-state index in [0.29, 0.717) is 6.04 Å². The van der Waals surface area contributed by atoms with Crippen molar-refractivity contribution in [3.05, 3.63) is 0 Å². The van der Waals surface area contributed by atoms with E-state index in [0.717, 1.165) is 18.4 Å². The number of hydrogen-bond donors (Lipinski definition) is 1. The van der Waals surface area contributed by atoms with E-state index in [1.54, 1.807) is 0 Å². The number of nitrogens with zero attached hydrogens (tertiary/aromatic N) is 1. The molecule has 0 bridgehead atoms. The molecule has 2 N–H and O–H groups in total. The molecule has 2 rings (SSSR count). The van der Waals surface area contributed by atoms with E-state index in [1.807, 2.05) is 0 Å². The van der Waals surface area contributed by atoms with Gasteiger partial charge < -0.3 is 10.6 Å². The zero-order valence-corrected chi connectivity index (χ0v) is 9.41. The van der Waals surface area contributed by atoms with Gasteiger partial charge in [0.05, 0.1) is 0 Å². The van der Waals surface area contributed by atoms with Crippen LogP contribution >= 0.6 is 0 Å². The van der Waals surface area contributed by atoms with Crippen molar-refractivity contribution in [3.8, 4) is 0 Å². The Bertz CT molecular complexity index is 181. The summed E-state index contributed by atoms with van der Waals surface area (Å²) >= 11 is 0. The van der Waals surface area contributed by atoms with Crippen molar-refractivity contribution < 1.29 is 0 Å². The maximum Gasteiger partial charge on any atom is 0.0180 e. The Balaban J connectivity index is 1.74. The van der Waals surface area contributed by atoms with E-state index >= 15 is 0 Å². The summed E-state index contributed by atoms with van der Waals surface area (Å²) in [6.07, 6.45) is 7.02. The van der Waals surface area contributed by atoms with Crippen molar-refractivity contribution in [2.75, 3.05) is 19.6 Å². The molecular weight excluding hydrogens is 172 g/mol. The molecule has 1 aliphatic heterocycles. The van der Waals surface area contributed by atoms with E-state index in [4.69, 9.17) is 5.73 Å². The molecule has 0 aromatic rings. The number of rotatable bonds is 2. The lowest BCUT2D eigenvalue weighted by atomic mass is 9.82. The maximum absolute atomic E-state index is 5.92. The molecule has 0 radical (unpaired) electrons. The summed E-state index contributed by atoms with van der Waals surface area (Å²) in [6.45, 7) is 6.11. The summed E-state index contributed by atoms with van der Waals surface area (Å²) in [6, 6.07) is 0.455. The predicted octanol–water partition coefficient (Wildman–Crippen LogP) is 1.85. The first-order valence-electron chi connectivity index (χ1n) is 6.22. The lowest BCUT2D eigenvalue weighted by Crippen LogP contribution is -2.32. The van der Waals surface area contributed by atoms with Crippen LogP contribution in [0.25, 0.3) is 0 Å². The third kappa shape index (κ3) is 2.71. The maximum atomic E-state index is 5.92. The molecule has 3 atom stereocenters. The van der Waals surface area contributed by atoms with Crippen LogP contribution < -0.4 is 5.73 Å². The second-order valence-corrected chi connectivity index (χ2v) is 5.45. The smallest absolute Gasteiger partial charge is 0.0180 e. The van der Waals surface area contributed by atoms with E-state index in [1.165, 1.54) is 45.2 Å². The van der Waals surface area contributed by atoms with Crippen LogP contribution in [0.5, 0.6) is 0 Å². The molecule has 0 amide bonds. The highest BCUT2D eigenvalue weighted by Gasteiger charge is 2.24. The Morgan fingerprint density at radius 3 is 2.79 bits per heavy atom. The van der Waals surface area contributed by atoms with Gasteiger partial charge in [0.15, 0.2) is 0 Å². The topological polar surface area (TPSA) is 29.3 Å². The van der Waals surface area contributed by atoms with Gasteiger partial charge in [-0.1, -0.05) is 19.8 Å². The molecule has 0 spiro atoms. The number of hydrogen-bond acceptors (Lipinski definition) is 2. The highest BCUT2D eigenvalue weighted by atomic mass is 15.2. The average molecular weight is 196 g/mol. The van der Waals surface area contributed by atoms with Crippen LogP contribution in [-0.4, -0.2) is 30.6 Å². The molecule has 1 saturated carbocycles. The van der Waals surface area contributed by atoms with Gasteiger partial charge in [0.25, 0.3) is 0 Å². The molecule has 2 aliphatic rings. The van der Waals surface area contributed by atoms with E-state index in [2.05, 4.69) is 11.8 Å². The molecule has 1 aliphatic carbocycles. The zero-order chi connectivity index (χ0) is 9.97. The molecule has 2 fully saturated rings. The summed E-state index contributed by atoms with van der Waals surface area (Å²) in [5.74, 6) is 1.93. The van der Waals surface area contributed by atoms with Crippen LogP contribution in [0, 0.1) is 11.8 Å². The first-order chi connectivity index (χ1) is 6.74. The second kappa shape index (κ2) is 4.63. The quantitative estimate of drug-likeness (QED) is 0.730. The first-order valence-corrected chi connectivity index (χ1v) is 6.22. The van der Waals surface area contributed by atoms with Crippen LogP contribution in [0.3, 0.4) is 0 Å². The molecule has 14 heavy (non-hydrogen) atoms. The summed E-state index contributed by atoms with van der Waals surface area (Å²) in [5, 5.41) is 0. The molecule has 2 heteroatoms. The Morgan fingerprint density at radius 1 is 1.29 bits per heavy atom. The highest BCUT2D eigenvalue weighted by molar-refractivity contribution is 4.81. The van der Waals surface area contributed by atoms with Gasteiger partial charge in [-0.3, -0.25) is 0 Å². The fourth-order valence-electron chi connectivity index (χ4n) is 3.12. The van der Waals surface area contributed by atoms with Crippen LogP contribution in [0.4, 0.5) is 0 Å². The van der Waals surface area contributed by atoms with Gasteiger partial charge in [-0.05, 0) is 37.6 Å². The van der Waals surface area contributed by atoms with Gasteiger partial charge in [-0.25, -0.2) is 0 Å². The van der Waals surface area contributed by atoms with Crippen LogP contribution in [-0.2, 0) is 0 Å². The molecule has 1 saturated heterocycles. The zero-order valence-electron chi connectivity index (χ0n) is 9.41. The first kappa shape index (κ1) is 10.4. The molecule has 1 heterocycles. The minimum atomic E-state index is 0.455. The van der Waals surface area contributed by atoms with Gasteiger partial charge in [0.2, 0.25) is 0 Å². The predicted molar refractivity (Wildman–Crippen MR) is 60.2 cm³/mol. The van der Waals surface area contributed by atoms with Crippen molar-refractivity contribution in [1.82, 2.24) is 4.90 Å². The van der Waals surface area contributed by atoms with Gasteiger partial charge in [0.1, 0.15) is 0 Å². The number of likely N-dealkylation sites (tertiary alicyclic amines) is 1. The van der Waals surface area contributed by atoms with Crippen molar-refractivity contribution >= 4 is 0 Å². The fraction of sp³-hybridized carbons (Fsp3) is 1.00. The monoisotopic (exact) mass is 196 g/mol. The van der Waals surface area contributed by atoms with Gasteiger partial charge in [-0.15, -0.1) is 0 Å². The minimum absolute atomic E-state index is 0.455. The Morgan fingerprint density at radius 2 is 2.14 bits per heavy atom. The van der Waals surface area contributed by atoms with E-state index in [-0.39, 0.29) is 0 Å². The Hall–Kier alpha value is -0.0800. The van der Waals surface area contributed by atoms with Crippen molar-refractivity contribution in [2.45, 2.75) is 45.1 Å². The minimum Gasteiger partial charge on any atom is -0.326 e. The second-order valence-electron chi connectivity index (χ2n) is 5.45. The van der Waals surface area contributed by atoms with Gasteiger partial charge >= 0.3 is 0 Å². The van der Waals surface area contributed by atoms with Crippen LogP contribution in [0.1, 0.15) is 39.0 Å². The molecule has 82 valence electrons. The fourth-order valence-corrected chi connectivity index (χ4v) is 3.12. The summed E-state index contributed by atoms with van der Waals surface area (Å²) < 4.78 is 0. The van der Waals surface area contributed by atoms with Crippen molar-refractivity contribution in [1.29, 1.82) is 0 Å². The third-order valence-electron chi connectivity index (χ3n) is 3.87.